The number of halogens is 4. The highest BCUT2D eigenvalue weighted by Crippen LogP contribution is 2.43. The molecule has 15 heteroatoms. The summed E-state index contributed by atoms with van der Waals surface area (Å²) in [5, 5.41) is 7.67. The van der Waals surface area contributed by atoms with Crippen molar-refractivity contribution in [1.82, 2.24) is 25.1 Å². The van der Waals surface area contributed by atoms with Crippen molar-refractivity contribution in [2.24, 2.45) is 5.41 Å². The quantitative estimate of drug-likeness (QED) is 0.106. The van der Waals surface area contributed by atoms with Gasteiger partial charge in [-0.3, -0.25) is 4.79 Å². The predicted molar refractivity (Wildman–Crippen MR) is 197 cm³/mol. The van der Waals surface area contributed by atoms with E-state index in [0.717, 1.165) is 18.4 Å². The predicted octanol–water partition coefficient (Wildman–Crippen LogP) is 7.13. The summed E-state index contributed by atoms with van der Waals surface area (Å²) >= 11 is 0. The van der Waals surface area contributed by atoms with Crippen LogP contribution in [0.4, 0.5) is 29.3 Å². The van der Waals surface area contributed by atoms with Gasteiger partial charge in [0.15, 0.2) is 11.6 Å². The lowest BCUT2D eigenvalue weighted by molar-refractivity contribution is -0.198. The van der Waals surface area contributed by atoms with Crippen LogP contribution < -0.4 is 25.4 Å². The van der Waals surface area contributed by atoms with Crippen LogP contribution >= 0.6 is 0 Å². The second-order valence-electron chi connectivity index (χ2n) is 13.9. The summed E-state index contributed by atoms with van der Waals surface area (Å²) in [4.78, 5) is 22.6. The minimum atomic E-state index is -4.90. The molecule has 2 saturated heterocycles. The van der Waals surface area contributed by atoms with Crippen molar-refractivity contribution in [2.45, 2.75) is 58.0 Å². The Morgan fingerprint density at radius 3 is 2.45 bits per heavy atom. The Labute approximate surface area is 315 Å². The lowest BCUT2D eigenvalue weighted by Gasteiger charge is -2.39. The number of benzene rings is 3. The summed E-state index contributed by atoms with van der Waals surface area (Å²) in [5.41, 5.74) is 8.08. The first kappa shape index (κ1) is 37.6. The Hall–Kier alpha value is -5.70. The van der Waals surface area contributed by atoms with Crippen LogP contribution in [0.3, 0.4) is 0 Å². The lowest BCUT2D eigenvalue weighted by Crippen LogP contribution is -2.41. The molecule has 2 aliphatic rings. The number of aromatic nitrogens is 4. The number of hydrogen-bond acceptors (Lipinski definition) is 10. The summed E-state index contributed by atoms with van der Waals surface area (Å²) < 4.78 is 78.2. The van der Waals surface area contributed by atoms with Gasteiger partial charge < -0.3 is 30.2 Å². The molecule has 288 valence electrons. The van der Waals surface area contributed by atoms with Crippen molar-refractivity contribution in [3.05, 3.63) is 108 Å². The average Bonchev–Trinajstić information content (AvgIpc) is 3.79. The van der Waals surface area contributed by atoms with Gasteiger partial charge in [0.2, 0.25) is 17.9 Å². The number of esters is 1. The Bertz CT molecular complexity index is 2140. The third-order valence-electron chi connectivity index (χ3n) is 10.1. The first-order chi connectivity index (χ1) is 26.4. The fourth-order valence-corrected chi connectivity index (χ4v) is 7.22. The van der Waals surface area contributed by atoms with Crippen LogP contribution in [-0.2, 0) is 16.1 Å². The van der Waals surface area contributed by atoms with Crippen LogP contribution in [0.2, 0.25) is 0 Å². The summed E-state index contributed by atoms with van der Waals surface area (Å²) in [7, 11) is 0. The van der Waals surface area contributed by atoms with Crippen molar-refractivity contribution in [3.63, 3.8) is 0 Å². The van der Waals surface area contributed by atoms with E-state index in [9.17, 15) is 4.79 Å². The number of nitrogens with zero attached hydrogens (tertiary/aromatic N) is 5. The van der Waals surface area contributed by atoms with Gasteiger partial charge in [-0.05, 0) is 79.5 Å². The molecule has 4 heterocycles. The number of ether oxygens (including phenoxy) is 3. The van der Waals surface area contributed by atoms with E-state index < -0.39 is 18.1 Å². The van der Waals surface area contributed by atoms with E-state index in [0.29, 0.717) is 55.3 Å². The molecule has 0 radical (unpaired) electrons. The van der Waals surface area contributed by atoms with E-state index in [1.54, 1.807) is 32.2 Å². The van der Waals surface area contributed by atoms with E-state index >= 15 is 17.6 Å². The SMILES string of the molecule is CCOC(=O)[C@@H]1CC2(CCN(c3cc(O[C@H](c4ccc(-c5ccc(OCc6ccccc6)c(F)c5)cc4-n4ccc(C)n4)C(F)(F)F)nc(N)n3)CC2)CN1. The van der Waals surface area contributed by atoms with Crippen molar-refractivity contribution in [3.8, 4) is 28.4 Å². The number of anilines is 2. The number of nitrogens with one attached hydrogen (secondary N) is 1. The lowest BCUT2D eigenvalue weighted by atomic mass is 9.76. The molecule has 1 spiro atoms. The number of carbonyl (C=O) groups is 1. The zero-order valence-electron chi connectivity index (χ0n) is 30.4. The number of nitrogens with two attached hydrogens (primary N) is 1. The molecule has 2 aliphatic heterocycles. The molecule has 0 aliphatic carbocycles. The maximum absolute atomic E-state index is 15.3. The number of piperidine rings is 1. The zero-order chi connectivity index (χ0) is 38.7. The molecule has 0 saturated carbocycles. The number of carbonyl (C=O) groups excluding carboxylic acids is 1. The summed E-state index contributed by atoms with van der Waals surface area (Å²) in [5.74, 6) is -1.09. The topological polar surface area (TPSA) is 130 Å². The average molecular weight is 760 g/mol. The van der Waals surface area contributed by atoms with Crippen LogP contribution in [0.5, 0.6) is 11.6 Å². The monoisotopic (exact) mass is 759 g/mol. The molecule has 3 aromatic carbocycles. The molecule has 2 fully saturated rings. The Morgan fingerprint density at radius 2 is 1.76 bits per heavy atom. The molecule has 55 heavy (non-hydrogen) atoms. The van der Waals surface area contributed by atoms with Crippen molar-refractivity contribution in [2.75, 3.05) is 36.9 Å². The van der Waals surface area contributed by atoms with E-state index in [4.69, 9.17) is 19.9 Å². The van der Waals surface area contributed by atoms with E-state index in [1.807, 2.05) is 35.2 Å². The van der Waals surface area contributed by atoms with Gasteiger partial charge in [0.1, 0.15) is 18.5 Å². The fourth-order valence-electron chi connectivity index (χ4n) is 7.22. The van der Waals surface area contributed by atoms with Crippen LogP contribution in [0.15, 0.2) is 85.1 Å². The van der Waals surface area contributed by atoms with Crippen LogP contribution in [-0.4, -0.2) is 64.2 Å². The van der Waals surface area contributed by atoms with Crippen LogP contribution in [0.1, 0.15) is 49.1 Å². The van der Waals surface area contributed by atoms with Crippen molar-refractivity contribution < 1.29 is 36.6 Å². The normalized spacial score (nSPS) is 17.3. The molecule has 2 aromatic heterocycles. The Morgan fingerprint density at radius 1 is 1.02 bits per heavy atom. The Balaban J connectivity index is 1.13. The highest BCUT2D eigenvalue weighted by atomic mass is 19.4. The highest BCUT2D eigenvalue weighted by Gasteiger charge is 2.46. The number of rotatable bonds is 11. The van der Waals surface area contributed by atoms with Crippen LogP contribution in [0.25, 0.3) is 16.8 Å². The minimum absolute atomic E-state index is 0.0448. The number of alkyl halides is 3. The van der Waals surface area contributed by atoms with Gasteiger partial charge in [-0.2, -0.15) is 28.2 Å². The van der Waals surface area contributed by atoms with Crippen LogP contribution in [0, 0.1) is 18.2 Å². The standard InChI is InChI=1S/C40H41F4N7O4/c1-3-53-37(52)31-22-39(24-46-31)14-17-50(18-15-39)34-21-35(48-38(45)47-34)55-36(40(42,43)44)29-11-9-28(20-32(29)51-16-13-25(2)49-51)27-10-12-33(30(41)19-27)54-23-26-7-5-4-6-8-26/h4-13,16,19-21,31,36,46H,3,14-15,17-18,22-24H2,1-2H3,(H2,45,47,48)/t31-,36+/m0/s1. The summed E-state index contributed by atoms with van der Waals surface area (Å²) in [6, 6.07) is 20.7. The maximum Gasteiger partial charge on any atom is 0.429 e. The molecule has 0 amide bonds. The highest BCUT2D eigenvalue weighted by molar-refractivity contribution is 5.76. The van der Waals surface area contributed by atoms with E-state index in [2.05, 4.69) is 20.4 Å². The Kier molecular flexibility index (Phi) is 10.6. The molecule has 0 bridgehead atoms. The van der Waals surface area contributed by atoms with Gasteiger partial charge >= 0.3 is 12.1 Å². The molecule has 7 rings (SSSR count). The molecule has 2 atom stereocenters. The third-order valence-corrected chi connectivity index (χ3v) is 10.1. The summed E-state index contributed by atoms with van der Waals surface area (Å²) in [6.45, 7) is 5.72. The van der Waals surface area contributed by atoms with Crippen molar-refractivity contribution >= 4 is 17.7 Å². The van der Waals surface area contributed by atoms with Gasteiger partial charge in [-0.15, -0.1) is 0 Å². The second kappa shape index (κ2) is 15.6. The van der Waals surface area contributed by atoms with Gasteiger partial charge in [-0.1, -0.05) is 48.5 Å². The third kappa shape index (κ3) is 8.51. The fraction of sp³-hybridized carbons (Fsp3) is 0.350. The molecule has 3 N–H and O–H groups in total. The number of nitrogen functional groups attached to an aromatic ring is 1. The maximum atomic E-state index is 15.3. The zero-order valence-corrected chi connectivity index (χ0v) is 30.4. The number of hydrogen-bond donors (Lipinski definition) is 2. The minimum Gasteiger partial charge on any atom is -0.486 e. The molecule has 11 nitrogen and oxygen atoms in total. The molecular formula is C40H41F4N7O4. The summed E-state index contributed by atoms with van der Waals surface area (Å²) in [6.07, 6.45) is -3.73. The number of aryl methyl sites for hydroxylation is 1. The van der Waals surface area contributed by atoms with E-state index in [-0.39, 0.29) is 52.9 Å². The molecule has 5 aromatic rings. The molecular weight excluding hydrogens is 718 g/mol. The van der Waals surface area contributed by atoms with Gasteiger partial charge in [0, 0.05) is 37.5 Å². The first-order valence-electron chi connectivity index (χ1n) is 18.1. The first-order valence-corrected chi connectivity index (χ1v) is 18.1. The van der Waals surface area contributed by atoms with Gasteiger partial charge in [0.25, 0.3) is 0 Å². The molecule has 0 unspecified atom stereocenters. The van der Waals surface area contributed by atoms with Crippen molar-refractivity contribution in [1.29, 1.82) is 0 Å². The van der Waals surface area contributed by atoms with Gasteiger partial charge in [0.05, 0.1) is 18.0 Å². The van der Waals surface area contributed by atoms with Gasteiger partial charge in [-0.25, -0.2) is 9.07 Å². The smallest absolute Gasteiger partial charge is 0.429 e. The largest absolute Gasteiger partial charge is 0.486 e. The van der Waals surface area contributed by atoms with E-state index in [1.165, 1.54) is 41.1 Å². The second-order valence-corrected chi connectivity index (χ2v) is 13.9.